The second-order valence-electron chi connectivity index (χ2n) is 8.80. The molecule has 0 heterocycles. The summed E-state index contributed by atoms with van der Waals surface area (Å²) in [7, 11) is 1.56. The maximum Gasteiger partial charge on any atom is 0.272 e. The summed E-state index contributed by atoms with van der Waals surface area (Å²) in [6, 6.07) is 30.2. The van der Waals surface area contributed by atoms with E-state index in [2.05, 4.69) is 10.6 Å². The minimum absolute atomic E-state index is 0.0540. The first-order chi connectivity index (χ1) is 18.9. The van der Waals surface area contributed by atoms with Crippen LogP contribution in [0, 0.1) is 6.92 Å². The lowest BCUT2D eigenvalue weighted by Gasteiger charge is -2.12. The summed E-state index contributed by atoms with van der Waals surface area (Å²) in [6.45, 7) is 2.00. The minimum Gasteiger partial charge on any atom is -0.497 e. The Morgan fingerprint density at radius 2 is 1.46 bits per heavy atom. The van der Waals surface area contributed by atoms with Crippen molar-refractivity contribution in [1.82, 2.24) is 5.32 Å². The number of methoxy groups -OCH3 is 1. The van der Waals surface area contributed by atoms with E-state index in [1.54, 1.807) is 92.1 Å². The molecular weight excluding hydrogens is 488 g/mol. The molecule has 0 spiro atoms. The monoisotopic (exact) mass is 516 g/mol. The van der Waals surface area contributed by atoms with Crippen molar-refractivity contribution in [1.29, 1.82) is 0 Å². The molecule has 0 saturated heterocycles. The van der Waals surface area contributed by atoms with Gasteiger partial charge in [-0.05, 0) is 78.7 Å². The molecule has 0 aliphatic rings. The average Bonchev–Trinajstić information content (AvgIpc) is 2.96. The zero-order valence-electron chi connectivity index (χ0n) is 21.7. The Kier molecular flexibility index (Phi) is 8.83. The number of amides is 2. The summed E-state index contributed by atoms with van der Waals surface area (Å²) >= 11 is 0. The van der Waals surface area contributed by atoms with Gasteiger partial charge in [0.15, 0.2) is 5.78 Å². The summed E-state index contributed by atoms with van der Waals surface area (Å²) in [5, 5.41) is 5.51. The van der Waals surface area contributed by atoms with Gasteiger partial charge in [-0.1, -0.05) is 66.2 Å². The van der Waals surface area contributed by atoms with Crippen molar-refractivity contribution in [3.8, 4) is 5.75 Å². The average molecular weight is 517 g/mol. The van der Waals surface area contributed by atoms with E-state index in [9.17, 15) is 14.4 Å². The highest BCUT2D eigenvalue weighted by molar-refractivity contribution is 6.11. The van der Waals surface area contributed by atoms with Crippen LogP contribution in [-0.4, -0.2) is 24.7 Å². The Bertz CT molecular complexity index is 1540. The van der Waals surface area contributed by atoms with Crippen molar-refractivity contribution in [2.45, 2.75) is 6.92 Å². The predicted molar refractivity (Wildman–Crippen MR) is 154 cm³/mol. The van der Waals surface area contributed by atoms with Crippen LogP contribution in [0.2, 0.25) is 0 Å². The van der Waals surface area contributed by atoms with Crippen LogP contribution in [0.15, 0.2) is 115 Å². The highest BCUT2D eigenvalue weighted by Crippen LogP contribution is 2.17. The Hall–Kier alpha value is -5.23. The summed E-state index contributed by atoms with van der Waals surface area (Å²) in [6.07, 6.45) is 4.87. The van der Waals surface area contributed by atoms with Crippen molar-refractivity contribution in [2.75, 3.05) is 12.4 Å². The highest BCUT2D eigenvalue weighted by Gasteiger charge is 2.15. The molecule has 0 aliphatic heterocycles. The molecule has 4 aromatic rings. The van der Waals surface area contributed by atoms with Crippen LogP contribution < -0.4 is 15.4 Å². The van der Waals surface area contributed by atoms with Crippen molar-refractivity contribution in [3.05, 3.63) is 143 Å². The van der Waals surface area contributed by atoms with E-state index in [1.165, 1.54) is 6.08 Å². The molecule has 6 nitrogen and oxygen atoms in total. The molecule has 4 rings (SSSR count). The van der Waals surface area contributed by atoms with Crippen molar-refractivity contribution in [3.63, 3.8) is 0 Å². The van der Waals surface area contributed by atoms with Crippen LogP contribution in [0.1, 0.15) is 37.4 Å². The molecular formula is C33H28N2O4. The van der Waals surface area contributed by atoms with E-state index in [1.807, 2.05) is 37.3 Å². The predicted octanol–water partition coefficient (Wildman–Crippen LogP) is 6.31. The van der Waals surface area contributed by atoms with E-state index in [0.717, 1.165) is 11.1 Å². The SMILES string of the molecule is COc1cccc(/C=C(\NC(=O)c2ccccc2)C(=O)Nc2ccc(C(=O)/C=C/c3cccc(C)c3)cc2)c1. The Morgan fingerprint density at radius 1 is 0.744 bits per heavy atom. The fourth-order valence-electron chi connectivity index (χ4n) is 3.80. The first-order valence-electron chi connectivity index (χ1n) is 12.3. The highest BCUT2D eigenvalue weighted by atomic mass is 16.5. The van der Waals surface area contributed by atoms with E-state index in [4.69, 9.17) is 4.74 Å². The van der Waals surface area contributed by atoms with Gasteiger partial charge in [0.25, 0.3) is 11.8 Å². The number of anilines is 1. The van der Waals surface area contributed by atoms with Crippen molar-refractivity contribution in [2.24, 2.45) is 0 Å². The van der Waals surface area contributed by atoms with Gasteiger partial charge in [-0.3, -0.25) is 14.4 Å². The van der Waals surface area contributed by atoms with Gasteiger partial charge >= 0.3 is 0 Å². The van der Waals surface area contributed by atoms with Crippen LogP contribution >= 0.6 is 0 Å². The molecule has 0 aromatic heterocycles. The normalized spacial score (nSPS) is 11.2. The largest absolute Gasteiger partial charge is 0.497 e. The summed E-state index contributed by atoms with van der Waals surface area (Å²) in [5.74, 6) is -0.459. The van der Waals surface area contributed by atoms with Crippen LogP contribution in [0.4, 0.5) is 5.69 Å². The maximum absolute atomic E-state index is 13.2. The Morgan fingerprint density at radius 3 is 2.18 bits per heavy atom. The molecule has 39 heavy (non-hydrogen) atoms. The Labute approximate surface area is 227 Å². The summed E-state index contributed by atoms with van der Waals surface area (Å²) < 4.78 is 5.27. The first kappa shape index (κ1) is 26.8. The molecule has 0 atom stereocenters. The van der Waals surface area contributed by atoms with Gasteiger partial charge in [-0.15, -0.1) is 0 Å². The van der Waals surface area contributed by atoms with Crippen molar-refractivity contribution >= 4 is 35.4 Å². The Balaban J connectivity index is 1.50. The molecule has 0 saturated carbocycles. The first-order valence-corrected chi connectivity index (χ1v) is 12.3. The summed E-state index contributed by atoms with van der Waals surface area (Å²) in [4.78, 5) is 38.7. The molecule has 0 aliphatic carbocycles. The van der Waals surface area contributed by atoms with Gasteiger partial charge in [0.05, 0.1) is 7.11 Å². The van der Waals surface area contributed by atoms with Crippen molar-refractivity contribution < 1.29 is 19.1 Å². The van der Waals surface area contributed by atoms with Gasteiger partial charge in [0, 0.05) is 16.8 Å². The fourth-order valence-corrected chi connectivity index (χ4v) is 3.80. The topological polar surface area (TPSA) is 84.5 Å². The van der Waals surface area contributed by atoms with Crippen LogP contribution in [0.3, 0.4) is 0 Å². The van der Waals surface area contributed by atoms with Gasteiger partial charge < -0.3 is 15.4 Å². The third kappa shape index (κ3) is 7.63. The molecule has 0 radical (unpaired) electrons. The number of allylic oxidation sites excluding steroid dienone is 1. The van der Waals surface area contributed by atoms with Crippen LogP contribution in [0.25, 0.3) is 12.2 Å². The van der Waals surface area contributed by atoms with E-state index < -0.39 is 11.8 Å². The molecule has 2 amide bonds. The second kappa shape index (κ2) is 12.8. The standard InChI is InChI=1S/C33H28N2O4/c1-23-8-6-9-24(20-23)14-19-31(36)26-15-17-28(18-16-26)34-33(38)30(22-25-10-7-13-29(21-25)39-2)35-32(37)27-11-4-3-5-12-27/h3-22H,1-2H3,(H,34,38)(H,35,37)/b19-14+,30-22-. The molecule has 194 valence electrons. The number of rotatable bonds is 9. The lowest BCUT2D eigenvalue weighted by atomic mass is 10.1. The van der Waals surface area contributed by atoms with Gasteiger partial charge in [0.1, 0.15) is 11.4 Å². The number of benzene rings is 4. The fraction of sp³-hybridized carbons (Fsp3) is 0.0606. The number of hydrogen-bond donors (Lipinski definition) is 2. The molecule has 6 heteroatoms. The molecule has 0 fully saturated rings. The molecule has 4 aromatic carbocycles. The second-order valence-corrected chi connectivity index (χ2v) is 8.80. The van der Waals surface area contributed by atoms with Crippen LogP contribution in [-0.2, 0) is 4.79 Å². The number of ether oxygens (including phenoxy) is 1. The number of carbonyl (C=O) groups excluding carboxylic acids is 3. The smallest absolute Gasteiger partial charge is 0.272 e. The van der Waals surface area contributed by atoms with E-state index in [-0.39, 0.29) is 11.5 Å². The van der Waals surface area contributed by atoms with Gasteiger partial charge in [-0.2, -0.15) is 0 Å². The molecule has 2 N–H and O–H groups in total. The third-order valence-corrected chi connectivity index (χ3v) is 5.83. The third-order valence-electron chi connectivity index (χ3n) is 5.83. The minimum atomic E-state index is -0.513. The zero-order chi connectivity index (χ0) is 27.6. The number of hydrogen-bond acceptors (Lipinski definition) is 4. The number of nitrogens with one attached hydrogen (secondary N) is 2. The van der Waals surface area contributed by atoms with E-state index in [0.29, 0.717) is 28.1 Å². The number of aryl methyl sites for hydroxylation is 1. The van der Waals surface area contributed by atoms with Crippen LogP contribution in [0.5, 0.6) is 5.75 Å². The molecule has 0 bridgehead atoms. The van der Waals surface area contributed by atoms with Gasteiger partial charge in [-0.25, -0.2) is 0 Å². The van der Waals surface area contributed by atoms with Gasteiger partial charge in [0.2, 0.25) is 0 Å². The lowest BCUT2D eigenvalue weighted by Crippen LogP contribution is -2.30. The summed E-state index contributed by atoms with van der Waals surface area (Å²) in [5.41, 5.74) is 4.17. The zero-order valence-corrected chi connectivity index (χ0v) is 21.7. The number of carbonyl (C=O) groups is 3. The quantitative estimate of drug-likeness (QED) is 0.202. The maximum atomic E-state index is 13.2. The lowest BCUT2D eigenvalue weighted by molar-refractivity contribution is -0.113. The van der Waals surface area contributed by atoms with E-state index >= 15 is 0 Å². The molecule has 0 unspecified atom stereocenters. The number of ketones is 1.